The summed E-state index contributed by atoms with van der Waals surface area (Å²) in [5.74, 6) is -1.16. The largest absolute Gasteiger partial charge is 0.397 e. The van der Waals surface area contributed by atoms with Crippen molar-refractivity contribution in [2.24, 2.45) is 0 Å². The van der Waals surface area contributed by atoms with Gasteiger partial charge in [-0.05, 0) is 61.1 Å². The molecule has 1 N–H and O–H groups in total. The van der Waals surface area contributed by atoms with Crippen LogP contribution >= 0.6 is 0 Å². The number of rotatable bonds is 5. The molecule has 0 spiro atoms. The van der Waals surface area contributed by atoms with Gasteiger partial charge in [0.25, 0.3) is 5.91 Å². The molecule has 2 aliphatic rings. The lowest BCUT2D eigenvalue weighted by Gasteiger charge is -2.38. The van der Waals surface area contributed by atoms with E-state index in [1.807, 2.05) is 18.2 Å². The molecule has 1 atom stereocenters. The number of nitrogens with one attached hydrogen (secondary N) is 1. The van der Waals surface area contributed by atoms with Crippen LogP contribution in [0.2, 0.25) is 0 Å². The second-order valence-electron chi connectivity index (χ2n) is 8.70. The molecule has 0 radical (unpaired) electrons. The van der Waals surface area contributed by atoms with Crippen LogP contribution in [0.1, 0.15) is 53.2 Å². The third kappa shape index (κ3) is 5.46. The highest BCUT2D eigenvalue weighted by Crippen LogP contribution is 2.33. The number of halogens is 3. The molecule has 6 nitrogen and oxygen atoms in total. The van der Waals surface area contributed by atoms with Gasteiger partial charge in [0.05, 0.1) is 6.04 Å². The first-order valence-corrected chi connectivity index (χ1v) is 11.1. The van der Waals surface area contributed by atoms with Gasteiger partial charge in [0.1, 0.15) is 6.42 Å². The predicted molar refractivity (Wildman–Crippen MR) is 118 cm³/mol. The zero-order valence-corrected chi connectivity index (χ0v) is 18.4. The van der Waals surface area contributed by atoms with Gasteiger partial charge in [-0.3, -0.25) is 14.6 Å². The van der Waals surface area contributed by atoms with Gasteiger partial charge in [0.15, 0.2) is 0 Å². The van der Waals surface area contributed by atoms with Crippen LogP contribution in [-0.4, -0.2) is 54.1 Å². The lowest BCUT2D eigenvalue weighted by atomic mass is 10.00. The molecule has 9 heteroatoms. The van der Waals surface area contributed by atoms with Crippen molar-refractivity contribution in [2.45, 2.75) is 50.4 Å². The number of alkyl halides is 3. The second kappa shape index (κ2) is 9.41. The van der Waals surface area contributed by atoms with Gasteiger partial charge >= 0.3 is 6.18 Å². The number of benzene rings is 1. The van der Waals surface area contributed by atoms with Gasteiger partial charge in [-0.2, -0.15) is 13.2 Å². The molecule has 2 aromatic rings. The number of nitrogens with zero attached hydrogens (tertiary/aromatic N) is 3. The van der Waals surface area contributed by atoms with Crippen molar-refractivity contribution in [3.05, 3.63) is 59.4 Å². The quantitative estimate of drug-likeness (QED) is 0.736. The molecule has 0 unspecified atom stereocenters. The number of aryl methyl sites for hydroxylation is 1. The Kier molecular flexibility index (Phi) is 6.58. The van der Waals surface area contributed by atoms with Crippen LogP contribution in [0, 0.1) is 0 Å². The summed E-state index contributed by atoms with van der Waals surface area (Å²) in [5, 5.41) is 2.48. The molecule has 0 saturated carbocycles. The monoisotopic (exact) mass is 460 g/mol. The third-order valence-electron chi connectivity index (χ3n) is 6.53. The Hall–Kier alpha value is -3.10. The summed E-state index contributed by atoms with van der Waals surface area (Å²) >= 11 is 0. The molecular formula is C24H27F3N4O2. The molecular weight excluding hydrogens is 433 g/mol. The summed E-state index contributed by atoms with van der Waals surface area (Å²) in [6, 6.07) is 8.89. The zero-order chi connectivity index (χ0) is 23.6. The van der Waals surface area contributed by atoms with Gasteiger partial charge in [-0.15, -0.1) is 0 Å². The van der Waals surface area contributed by atoms with E-state index < -0.39 is 24.5 Å². The van der Waals surface area contributed by atoms with Crippen molar-refractivity contribution in [3.8, 4) is 0 Å². The molecule has 176 valence electrons. The van der Waals surface area contributed by atoms with Crippen LogP contribution < -0.4 is 10.2 Å². The lowest BCUT2D eigenvalue weighted by molar-refractivity contribution is -0.154. The number of amides is 2. The van der Waals surface area contributed by atoms with E-state index in [1.54, 1.807) is 36.5 Å². The van der Waals surface area contributed by atoms with Crippen molar-refractivity contribution in [1.29, 1.82) is 0 Å². The Morgan fingerprint density at radius 3 is 2.48 bits per heavy atom. The van der Waals surface area contributed by atoms with E-state index in [2.05, 4.69) is 15.2 Å². The summed E-state index contributed by atoms with van der Waals surface area (Å²) in [4.78, 5) is 33.0. The van der Waals surface area contributed by atoms with Gasteiger partial charge in [0, 0.05) is 49.8 Å². The van der Waals surface area contributed by atoms with Crippen LogP contribution in [0.25, 0.3) is 0 Å². The average molecular weight is 461 g/mol. The van der Waals surface area contributed by atoms with E-state index >= 15 is 0 Å². The summed E-state index contributed by atoms with van der Waals surface area (Å²) in [5.41, 5.74) is 3.30. The smallest absolute Gasteiger partial charge is 0.371 e. The first-order valence-electron chi connectivity index (χ1n) is 11.1. The highest BCUT2D eigenvalue weighted by atomic mass is 19.4. The van der Waals surface area contributed by atoms with E-state index in [-0.39, 0.29) is 11.9 Å². The van der Waals surface area contributed by atoms with E-state index in [1.165, 1.54) is 0 Å². The maximum Gasteiger partial charge on any atom is 0.397 e. The minimum atomic E-state index is -4.54. The number of hydrogen-bond acceptors (Lipinski definition) is 4. The number of fused-ring (bicyclic) bond motifs is 1. The maximum atomic E-state index is 13.2. The minimum Gasteiger partial charge on any atom is -0.371 e. The Morgan fingerprint density at radius 1 is 1.12 bits per heavy atom. The number of carbonyl (C=O) groups is 2. The van der Waals surface area contributed by atoms with E-state index in [0.717, 1.165) is 42.7 Å². The van der Waals surface area contributed by atoms with Crippen LogP contribution in [0.15, 0.2) is 42.7 Å². The van der Waals surface area contributed by atoms with Crippen LogP contribution in [0.5, 0.6) is 0 Å². The van der Waals surface area contributed by atoms with Gasteiger partial charge < -0.3 is 15.1 Å². The van der Waals surface area contributed by atoms with Crippen LogP contribution in [0.3, 0.4) is 0 Å². The van der Waals surface area contributed by atoms with Gasteiger partial charge in [-0.1, -0.05) is 6.07 Å². The number of piperidine rings is 1. The van der Waals surface area contributed by atoms with Crippen molar-refractivity contribution in [2.75, 3.05) is 25.0 Å². The van der Waals surface area contributed by atoms with Crippen LogP contribution in [0.4, 0.5) is 18.9 Å². The molecule has 2 heterocycles. The highest BCUT2D eigenvalue weighted by Gasteiger charge is 2.34. The molecule has 1 saturated heterocycles. The number of hydrogen-bond donors (Lipinski definition) is 1. The van der Waals surface area contributed by atoms with E-state index in [9.17, 15) is 22.8 Å². The molecule has 1 aromatic carbocycles. The predicted octanol–water partition coefficient (Wildman–Crippen LogP) is 3.88. The Balaban J connectivity index is 1.39. The summed E-state index contributed by atoms with van der Waals surface area (Å²) in [6.07, 6.45) is 0.353. The number of anilines is 1. The fraction of sp³-hybridized carbons (Fsp3) is 0.458. The van der Waals surface area contributed by atoms with Crippen LogP contribution in [-0.2, 0) is 11.2 Å². The molecule has 1 aliphatic heterocycles. The molecule has 0 bridgehead atoms. The van der Waals surface area contributed by atoms with Gasteiger partial charge in [0.2, 0.25) is 5.91 Å². The Morgan fingerprint density at radius 2 is 1.82 bits per heavy atom. The van der Waals surface area contributed by atoms with Crippen molar-refractivity contribution in [3.63, 3.8) is 0 Å². The van der Waals surface area contributed by atoms with Crippen molar-refractivity contribution in [1.82, 2.24) is 15.2 Å². The SMILES string of the molecule is CN(C(=O)c1ccc2c(c1)[C@H](NC(=O)CC(F)(F)F)CC2)C1CCN(c2ccncc2)CC1. The normalized spacial score (nSPS) is 18.7. The molecule has 1 fully saturated rings. The fourth-order valence-corrected chi connectivity index (χ4v) is 4.75. The van der Waals surface area contributed by atoms with E-state index in [4.69, 9.17) is 0 Å². The Labute approximate surface area is 190 Å². The molecule has 1 aliphatic carbocycles. The summed E-state index contributed by atoms with van der Waals surface area (Å²) in [6.45, 7) is 1.67. The fourth-order valence-electron chi connectivity index (χ4n) is 4.75. The highest BCUT2D eigenvalue weighted by molar-refractivity contribution is 5.94. The third-order valence-corrected chi connectivity index (χ3v) is 6.53. The first-order chi connectivity index (χ1) is 15.7. The minimum absolute atomic E-state index is 0.103. The molecule has 33 heavy (non-hydrogen) atoms. The number of carbonyl (C=O) groups excluding carboxylic acids is 2. The van der Waals surface area contributed by atoms with E-state index in [0.29, 0.717) is 18.4 Å². The van der Waals surface area contributed by atoms with Gasteiger partial charge in [-0.25, -0.2) is 0 Å². The standard InChI is InChI=1S/C24H27F3N4O2/c1-30(18-8-12-31(13-9-18)19-6-10-28-11-7-19)23(33)17-3-2-16-4-5-21(20(16)14-17)29-22(32)15-24(25,26)27/h2-3,6-7,10-11,14,18,21H,4-5,8-9,12-13,15H2,1H3,(H,29,32)/t21-/m1/s1. The molecule has 4 rings (SSSR count). The number of pyridine rings is 1. The van der Waals surface area contributed by atoms with Crippen molar-refractivity contribution < 1.29 is 22.8 Å². The Bertz CT molecular complexity index is 1000. The first kappa shape index (κ1) is 23.1. The average Bonchev–Trinajstić information content (AvgIpc) is 3.19. The second-order valence-corrected chi connectivity index (χ2v) is 8.70. The molecule has 1 aromatic heterocycles. The molecule has 2 amide bonds. The summed E-state index contributed by atoms with van der Waals surface area (Å²) in [7, 11) is 1.80. The summed E-state index contributed by atoms with van der Waals surface area (Å²) < 4.78 is 37.5. The van der Waals surface area contributed by atoms with Crippen molar-refractivity contribution >= 4 is 17.5 Å². The topological polar surface area (TPSA) is 65.5 Å². The zero-order valence-electron chi connectivity index (χ0n) is 18.4. The number of aromatic nitrogens is 1. The maximum absolute atomic E-state index is 13.2. The lowest BCUT2D eigenvalue weighted by Crippen LogP contribution is -2.45.